The third-order valence-corrected chi connectivity index (χ3v) is 6.14. The summed E-state index contributed by atoms with van der Waals surface area (Å²) in [4.78, 5) is 30.1. The van der Waals surface area contributed by atoms with Crippen molar-refractivity contribution in [3.05, 3.63) is 90.0 Å². The van der Waals surface area contributed by atoms with Crippen molar-refractivity contribution in [1.29, 1.82) is 0 Å². The van der Waals surface area contributed by atoms with Gasteiger partial charge in [-0.1, -0.05) is 45.1 Å². The Morgan fingerprint density at radius 3 is 2.51 bits per heavy atom. The number of amides is 1. The molecule has 0 bridgehead atoms. The molecular weight excluding hydrogens is 486 g/mol. The van der Waals surface area contributed by atoms with E-state index in [1.165, 1.54) is 0 Å². The molecule has 4 N–H and O–H groups in total. The predicted octanol–water partition coefficient (Wildman–Crippen LogP) is 5.75. The largest absolute Gasteiger partial charge is 0.383 e. The minimum Gasteiger partial charge on any atom is -0.383 e. The van der Waals surface area contributed by atoms with Crippen LogP contribution in [0.3, 0.4) is 0 Å². The van der Waals surface area contributed by atoms with Crippen LogP contribution in [0.15, 0.2) is 73.2 Å². The normalized spacial score (nSPS) is 11.2. The van der Waals surface area contributed by atoms with Crippen molar-refractivity contribution >= 4 is 23.4 Å². The first-order valence-electron chi connectivity index (χ1n) is 13.3. The van der Waals surface area contributed by atoms with E-state index in [9.17, 15) is 4.79 Å². The Balaban J connectivity index is 1.39. The Hall–Kier alpha value is -4.77. The molecule has 1 amide bonds. The van der Waals surface area contributed by atoms with Gasteiger partial charge < -0.3 is 16.4 Å². The van der Waals surface area contributed by atoms with Crippen LogP contribution in [0.4, 0.5) is 17.5 Å². The molecule has 0 saturated carbocycles. The summed E-state index contributed by atoms with van der Waals surface area (Å²) in [7, 11) is 0. The van der Waals surface area contributed by atoms with Crippen molar-refractivity contribution in [1.82, 2.24) is 25.3 Å². The molecule has 0 saturated heterocycles. The summed E-state index contributed by atoms with van der Waals surface area (Å²) in [5, 5.41) is 6.32. The van der Waals surface area contributed by atoms with Crippen LogP contribution in [0.1, 0.15) is 67.6 Å². The number of carbonyl (C=O) groups excluding carboxylic acids is 1. The van der Waals surface area contributed by atoms with Gasteiger partial charge in [-0.05, 0) is 67.3 Å². The van der Waals surface area contributed by atoms with Crippen molar-refractivity contribution in [3.63, 3.8) is 0 Å². The van der Waals surface area contributed by atoms with Crippen LogP contribution in [-0.4, -0.2) is 31.9 Å². The zero-order chi connectivity index (χ0) is 27.5. The zero-order valence-electron chi connectivity index (χ0n) is 22.3. The number of aromatic nitrogens is 4. The highest BCUT2D eigenvalue weighted by Gasteiger charge is 2.13. The molecule has 0 aliphatic rings. The second-order valence-electron chi connectivity index (χ2n) is 9.19. The monoisotopic (exact) mass is 519 g/mol. The minimum absolute atomic E-state index is 0.0821. The Bertz CT molecular complexity index is 1440. The van der Waals surface area contributed by atoms with Gasteiger partial charge in [0.2, 0.25) is 5.95 Å². The summed E-state index contributed by atoms with van der Waals surface area (Å²) in [5.74, 6) is 6.82. The van der Waals surface area contributed by atoms with Crippen molar-refractivity contribution in [2.75, 3.05) is 11.1 Å². The molecule has 198 valence electrons. The van der Waals surface area contributed by atoms with Crippen LogP contribution in [0.2, 0.25) is 0 Å². The number of anilines is 3. The fourth-order valence-corrected chi connectivity index (χ4v) is 4.07. The van der Waals surface area contributed by atoms with Crippen LogP contribution < -0.4 is 16.4 Å². The number of hydrogen-bond acceptors (Lipinski definition) is 7. The van der Waals surface area contributed by atoms with Crippen molar-refractivity contribution in [2.45, 2.75) is 52.0 Å². The van der Waals surface area contributed by atoms with Crippen LogP contribution >= 0.6 is 0 Å². The zero-order valence-corrected chi connectivity index (χ0v) is 22.3. The number of pyridine rings is 2. The van der Waals surface area contributed by atoms with Crippen molar-refractivity contribution in [2.24, 2.45) is 0 Å². The maximum Gasteiger partial charge on any atom is 0.251 e. The van der Waals surface area contributed by atoms with Gasteiger partial charge in [0.15, 0.2) is 0 Å². The molecule has 8 nitrogen and oxygen atoms in total. The van der Waals surface area contributed by atoms with E-state index in [4.69, 9.17) is 5.73 Å². The molecular formula is C31H33N7O. The predicted molar refractivity (Wildman–Crippen MR) is 155 cm³/mol. The summed E-state index contributed by atoms with van der Waals surface area (Å²) in [6.45, 7) is 4.30. The highest BCUT2D eigenvalue weighted by atomic mass is 16.1. The lowest BCUT2D eigenvalue weighted by Gasteiger charge is -2.17. The van der Waals surface area contributed by atoms with Gasteiger partial charge in [0.1, 0.15) is 11.5 Å². The van der Waals surface area contributed by atoms with E-state index < -0.39 is 0 Å². The number of nitrogens with zero attached hydrogens (tertiary/aromatic N) is 4. The summed E-state index contributed by atoms with van der Waals surface area (Å²) >= 11 is 0. The quantitative estimate of drug-likeness (QED) is 0.228. The topological polar surface area (TPSA) is 119 Å². The van der Waals surface area contributed by atoms with Gasteiger partial charge in [-0.3, -0.25) is 9.78 Å². The number of nitrogens with one attached hydrogen (secondary N) is 2. The van der Waals surface area contributed by atoms with Crippen molar-refractivity contribution < 1.29 is 4.79 Å². The molecule has 1 unspecified atom stereocenters. The SMILES string of the molecule is CCCCC(CCC)NC(=O)c1ccnc(C#Cc2ccc(Nc3ncc(-c4ccccn4)c(N)n3)cc2)c1. The average molecular weight is 520 g/mol. The molecule has 3 heterocycles. The molecule has 3 aromatic heterocycles. The van der Waals surface area contributed by atoms with Gasteiger partial charge in [-0.15, -0.1) is 0 Å². The van der Waals surface area contributed by atoms with E-state index in [0.717, 1.165) is 49.0 Å². The van der Waals surface area contributed by atoms with Gasteiger partial charge >= 0.3 is 0 Å². The Kier molecular flexibility index (Phi) is 9.57. The number of carbonyl (C=O) groups is 1. The first-order chi connectivity index (χ1) is 19.1. The standard InChI is InChI=1S/C31H33N7O/c1-3-5-9-24(8-4-2)36-30(39)23-17-19-33-26(20-23)16-13-22-11-14-25(15-12-22)37-31-35-21-27(29(32)38-31)28-10-6-7-18-34-28/h6-7,10-12,14-15,17-21,24H,3-5,8-9H2,1-2H3,(H,36,39)(H3,32,35,37,38). The number of hydrogen-bond donors (Lipinski definition) is 3. The van der Waals surface area contributed by atoms with Gasteiger partial charge in [-0.2, -0.15) is 4.98 Å². The van der Waals surface area contributed by atoms with Crippen molar-refractivity contribution in [3.8, 4) is 23.1 Å². The second-order valence-corrected chi connectivity index (χ2v) is 9.19. The van der Waals surface area contributed by atoms with Crippen LogP contribution in [0, 0.1) is 11.8 Å². The summed E-state index contributed by atoms with van der Waals surface area (Å²) < 4.78 is 0. The lowest BCUT2D eigenvalue weighted by molar-refractivity contribution is 0.0932. The Morgan fingerprint density at radius 1 is 0.949 bits per heavy atom. The number of benzene rings is 1. The molecule has 1 atom stereocenters. The lowest BCUT2D eigenvalue weighted by Crippen LogP contribution is -2.34. The number of unbranched alkanes of at least 4 members (excludes halogenated alkanes) is 1. The number of nitrogen functional groups attached to an aromatic ring is 1. The molecule has 0 fully saturated rings. The maximum absolute atomic E-state index is 12.8. The fourth-order valence-electron chi connectivity index (χ4n) is 4.07. The summed E-state index contributed by atoms with van der Waals surface area (Å²) in [6.07, 6.45) is 10.2. The van der Waals surface area contributed by atoms with Gasteiger partial charge in [0, 0.05) is 41.4 Å². The molecule has 1 aromatic carbocycles. The highest BCUT2D eigenvalue weighted by molar-refractivity contribution is 5.94. The maximum atomic E-state index is 12.8. The summed E-state index contributed by atoms with van der Waals surface area (Å²) in [6, 6.07) is 16.8. The fraction of sp³-hybridized carbons (Fsp3) is 0.258. The van der Waals surface area contributed by atoms with E-state index in [1.54, 1.807) is 30.7 Å². The van der Waals surface area contributed by atoms with E-state index >= 15 is 0 Å². The van der Waals surface area contributed by atoms with Gasteiger partial charge in [0.25, 0.3) is 5.91 Å². The van der Waals surface area contributed by atoms with E-state index in [1.807, 2.05) is 42.5 Å². The Labute approximate surface area is 229 Å². The molecule has 0 radical (unpaired) electrons. The highest BCUT2D eigenvalue weighted by Crippen LogP contribution is 2.23. The molecule has 39 heavy (non-hydrogen) atoms. The molecule has 4 rings (SSSR count). The second kappa shape index (κ2) is 13.7. The summed E-state index contributed by atoms with van der Waals surface area (Å²) in [5.41, 5.74) is 10.3. The third-order valence-electron chi connectivity index (χ3n) is 6.14. The van der Waals surface area contributed by atoms with E-state index in [-0.39, 0.29) is 11.9 Å². The Morgan fingerprint density at radius 2 is 1.79 bits per heavy atom. The molecule has 8 heteroatoms. The first kappa shape index (κ1) is 27.3. The average Bonchev–Trinajstić information content (AvgIpc) is 2.96. The van der Waals surface area contributed by atoms with Crippen LogP contribution in [0.5, 0.6) is 0 Å². The molecule has 0 spiro atoms. The molecule has 4 aromatic rings. The van der Waals surface area contributed by atoms with Gasteiger partial charge in [0.05, 0.1) is 11.3 Å². The van der Waals surface area contributed by atoms with Gasteiger partial charge in [-0.25, -0.2) is 9.97 Å². The number of rotatable bonds is 10. The van der Waals surface area contributed by atoms with E-state index in [2.05, 4.69) is 56.3 Å². The molecule has 0 aliphatic heterocycles. The third kappa shape index (κ3) is 7.86. The minimum atomic E-state index is -0.0821. The van der Waals surface area contributed by atoms with Crippen LogP contribution in [-0.2, 0) is 0 Å². The van der Waals surface area contributed by atoms with Crippen LogP contribution in [0.25, 0.3) is 11.3 Å². The smallest absolute Gasteiger partial charge is 0.251 e. The number of nitrogens with two attached hydrogens (primary N) is 1. The van der Waals surface area contributed by atoms with E-state index in [0.29, 0.717) is 28.6 Å². The first-order valence-corrected chi connectivity index (χ1v) is 13.3. The lowest BCUT2D eigenvalue weighted by atomic mass is 10.0. The molecule has 0 aliphatic carbocycles.